The van der Waals surface area contributed by atoms with Gasteiger partial charge in [-0.1, -0.05) is 24.3 Å². The van der Waals surface area contributed by atoms with Gasteiger partial charge in [0, 0.05) is 5.56 Å². The second-order valence-electron chi connectivity index (χ2n) is 5.63. The first-order valence-corrected chi connectivity index (χ1v) is 7.64. The van der Waals surface area contributed by atoms with E-state index in [0.717, 1.165) is 11.1 Å². The fraction of sp³-hybridized carbons (Fsp3) is 0.158. The van der Waals surface area contributed by atoms with E-state index in [1.165, 1.54) is 0 Å². The Morgan fingerprint density at radius 3 is 2.62 bits per heavy atom. The van der Waals surface area contributed by atoms with Crippen LogP contribution < -0.4 is 5.32 Å². The minimum atomic E-state index is -0.259. The third kappa shape index (κ3) is 3.46. The van der Waals surface area contributed by atoms with Crippen LogP contribution in [-0.4, -0.2) is 16.0 Å². The van der Waals surface area contributed by atoms with Gasteiger partial charge in [-0.05, 0) is 43.7 Å². The molecule has 0 atom stereocenters. The second-order valence-corrected chi connectivity index (χ2v) is 5.63. The number of carbonyl (C=O) groups is 1. The largest absolute Gasteiger partial charge is 0.506 e. The summed E-state index contributed by atoms with van der Waals surface area (Å²) < 4.78 is 5.65. The number of phenols is 1. The number of aryl methyl sites for hydroxylation is 2. The normalized spacial score (nSPS) is 10.6. The molecule has 5 heteroatoms. The van der Waals surface area contributed by atoms with Crippen LogP contribution in [0.3, 0.4) is 0 Å². The molecule has 1 heterocycles. The van der Waals surface area contributed by atoms with Crippen LogP contribution in [-0.2, 0) is 11.2 Å². The van der Waals surface area contributed by atoms with Gasteiger partial charge in [0.25, 0.3) is 0 Å². The van der Waals surface area contributed by atoms with Crippen LogP contribution in [0.1, 0.15) is 17.0 Å². The summed E-state index contributed by atoms with van der Waals surface area (Å²) in [6.07, 6.45) is 0.0789. The molecule has 0 aliphatic heterocycles. The van der Waals surface area contributed by atoms with Crippen LogP contribution in [0.25, 0.3) is 11.5 Å². The molecule has 2 aromatic carbocycles. The summed E-state index contributed by atoms with van der Waals surface area (Å²) in [4.78, 5) is 16.6. The maximum Gasteiger partial charge on any atom is 0.230 e. The zero-order chi connectivity index (χ0) is 17.1. The summed E-state index contributed by atoms with van der Waals surface area (Å²) in [6.45, 7) is 3.65. The van der Waals surface area contributed by atoms with Gasteiger partial charge in [-0.2, -0.15) is 0 Å². The van der Waals surface area contributed by atoms with Crippen molar-refractivity contribution in [1.82, 2.24) is 4.98 Å². The summed E-state index contributed by atoms with van der Waals surface area (Å²) >= 11 is 0. The van der Waals surface area contributed by atoms with Crippen molar-refractivity contribution < 1.29 is 14.3 Å². The number of rotatable bonds is 4. The van der Waals surface area contributed by atoms with E-state index in [2.05, 4.69) is 10.3 Å². The Balaban J connectivity index is 1.74. The van der Waals surface area contributed by atoms with Crippen LogP contribution in [0, 0.1) is 13.8 Å². The highest BCUT2D eigenvalue weighted by Gasteiger charge is 2.15. The highest BCUT2D eigenvalue weighted by molar-refractivity contribution is 5.93. The first-order chi connectivity index (χ1) is 11.5. The van der Waals surface area contributed by atoms with E-state index in [1.54, 1.807) is 19.1 Å². The summed E-state index contributed by atoms with van der Waals surface area (Å²) in [7, 11) is 0. The quantitative estimate of drug-likeness (QED) is 0.716. The third-order valence-electron chi connectivity index (χ3n) is 3.67. The monoisotopic (exact) mass is 322 g/mol. The summed E-state index contributed by atoms with van der Waals surface area (Å²) in [5.74, 6) is 0.890. The van der Waals surface area contributed by atoms with E-state index >= 15 is 0 Å². The molecule has 0 unspecified atom stereocenters. The molecule has 0 bridgehead atoms. The predicted octanol–water partition coefficient (Wildman–Crippen LogP) is 3.85. The van der Waals surface area contributed by atoms with Crippen molar-refractivity contribution in [3.8, 4) is 17.2 Å². The van der Waals surface area contributed by atoms with Crippen LogP contribution in [0.15, 0.2) is 52.9 Å². The number of hydrogen-bond donors (Lipinski definition) is 2. The smallest absolute Gasteiger partial charge is 0.230 e. The van der Waals surface area contributed by atoms with Crippen molar-refractivity contribution in [2.24, 2.45) is 0 Å². The minimum absolute atomic E-state index is 0.0465. The number of amides is 1. The van der Waals surface area contributed by atoms with E-state index < -0.39 is 0 Å². The number of carbonyl (C=O) groups excluding carboxylic acids is 1. The molecule has 0 radical (unpaired) electrons. The van der Waals surface area contributed by atoms with Crippen LogP contribution in [0.2, 0.25) is 0 Å². The molecule has 0 spiro atoms. The number of hydrogen-bond acceptors (Lipinski definition) is 4. The van der Waals surface area contributed by atoms with Gasteiger partial charge >= 0.3 is 0 Å². The number of oxazole rings is 1. The van der Waals surface area contributed by atoms with E-state index in [9.17, 15) is 9.90 Å². The standard InChI is InChI=1S/C19H18N2O3/c1-12-8-9-15(17(22)10-12)20-18(23)11-16-13(2)24-19(21-16)14-6-4-3-5-7-14/h3-10,22H,11H2,1-2H3,(H,20,23). The molecule has 1 amide bonds. The van der Waals surface area contributed by atoms with Crippen LogP contribution in [0.5, 0.6) is 5.75 Å². The number of benzene rings is 2. The Kier molecular flexibility index (Phi) is 4.33. The second kappa shape index (κ2) is 6.58. The predicted molar refractivity (Wildman–Crippen MR) is 91.9 cm³/mol. The first kappa shape index (κ1) is 15.8. The average Bonchev–Trinajstić information content (AvgIpc) is 2.92. The number of aromatic hydroxyl groups is 1. The van der Waals surface area contributed by atoms with E-state index in [1.807, 2.05) is 43.3 Å². The van der Waals surface area contributed by atoms with Crippen molar-refractivity contribution in [1.29, 1.82) is 0 Å². The lowest BCUT2D eigenvalue weighted by Crippen LogP contribution is -2.15. The molecule has 3 rings (SSSR count). The molecule has 0 aliphatic rings. The molecule has 24 heavy (non-hydrogen) atoms. The number of anilines is 1. The molecular formula is C19H18N2O3. The van der Waals surface area contributed by atoms with E-state index in [4.69, 9.17) is 4.42 Å². The molecule has 3 aromatic rings. The summed E-state index contributed by atoms with van der Waals surface area (Å²) in [5, 5.41) is 12.6. The zero-order valence-electron chi connectivity index (χ0n) is 13.5. The Morgan fingerprint density at radius 1 is 1.17 bits per heavy atom. The summed E-state index contributed by atoms with van der Waals surface area (Å²) in [5.41, 5.74) is 2.75. The van der Waals surface area contributed by atoms with Crippen LogP contribution >= 0.6 is 0 Å². The molecule has 0 aliphatic carbocycles. The zero-order valence-corrected chi connectivity index (χ0v) is 13.5. The van der Waals surface area contributed by atoms with Crippen molar-refractivity contribution in [2.75, 3.05) is 5.32 Å². The molecule has 5 nitrogen and oxygen atoms in total. The van der Waals surface area contributed by atoms with Crippen molar-refractivity contribution in [3.63, 3.8) is 0 Å². The average molecular weight is 322 g/mol. The van der Waals surface area contributed by atoms with Crippen molar-refractivity contribution in [2.45, 2.75) is 20.3 Å². The third-order valence-corrected chi connectivity index (χ3v) is 3.67. The molecule has 2 N–H and O–H groups in total. The lowest BCUT2D eigenvalue weighted by molar-refractivity contribution is -0.115. The Labute approximate surface area is 140 Å². The fourth-order valence-corrected chi connectivity index (χ4v) is 2.39. The highest BCUT2D eigenvalue weighted by Crippen LogP contribution is 2.25. The Hall–Kier alpha value is -3.08. The van der Waals surface area contributed by atoms with Crippen LogP contribution in [0.4, 0.5) is 5.69 Å². The fourth-order valence-electron chi connectivity index (χ4n) is 2.39. The van der Waals surface area contributed by atoms with Gasteiger partial charge in [0.2, 0.25) is 11.8 Å². The molecular weight excluding hydrogens is 304 g/mol. The Morgan fingerprint density at radius 2 is 1.92 bits per heavy atom. The number of nitrogens with one attached hydrogen (secondary N) is 1. The minimum Gasteiger partial charge on any atom is -0.506 e. The molecule has 0 fully saturated rings. The SMILES string of the molecule is Cc1ccc(NC(=O)Cc2nc(-c3ccccc3)oc2C)c(O)c1. The van der Waals surface area contributed by atoms with Gasteiger partial charge in [-0.25, -0.2) is 4.98 Å². The summed E-state index contributed by atoms with van der Waals surface area (Å²) in [6, 6.07) is 14.6. The van der Waals surface area contributed by atoms with Crippen molar-refractivity contribution >= 4 is 11.6 Å². The molecule has 1 aromatic heterocycles. The first-order valence-electron chi connectivity index (χ1n) is 7.64. The number of aromatic nitrogens is 1. The Bertz CT molecular complexity index is 870. The maximum absolute atomic E-state index is 12.2. The van der Waals surface area contributed by atoms with Gasteiger partial charge < -0.3 is 14.8 Å². The van der Waals surface area contributed by atoms with Gasteiger partial charge in [-0.3, -0.25) is 4.79 Å². The van der Waals surface area contributed by atoms with Gasteiger partial charge in [-0.15, -0.1) is 0 Å². The lowest BCUT2D eigenvalue weighted by atomic mass is 10.2. The molecule has 0 saturated carbocycles. The topological polar surface area (TPSA) is 75.4 Å². The number of phenolic OH excluding ortho intramolecular Hbond substituents is 1. The molecule has 122 valence electrons. The lowest BCUT2D eigenvalue weighted by Gasteiger charge is -2.07. The van der Waals surface area contributed by atoms with Gasteiger partial charge in [0.1, 0.15) is 11.5 Å². The van der Waals surface area contributed by atoms with Gasteiger partial charge in [0.05, 0.1) is 17.8 Å². The highest BCUT2D eigenvalue weighted by atomic mass is 16.4. The van der Waals surface area contributed by atoms with E-state index in [-0.39, 0.29) is 18.1 Å². The van der Waals surface area contributed by atoms with Crippen molar-refractivity contribution in [3.05, 3.63) is 65.5 Å². The maximum atomic E-state index is 12.2. The van der Waals surface area contributed by atoms with E-state index in [0.29, 0.717) is 23.0 Å². The molecule has 0 saturated heterocycles. The van der Waals surface area contributed by atoms with Gasteiger partial charge in [0.15, 0.2) is 0 Å². The number of nitrogens with zero attached hydrogens (tertiary/aromatic N) is 1.